The van der Waals surface area contributed by atoms with E-state index >= 15 is 0 Å². The maximum atomic E-state index is 12.0. The van der Waals surface area contributed by atoms with Crippen molar-refractivity contribution in [2.75, 3.05) is 19.6 Å². The lowest BCUT2D eigenvalue weighted by Crippen LogP contribution is -2.29. The van der Waals surface area contributed by atoms with Crippen LogP contribution in [0.5, 0.6) is 0 Å². The Bertz CT molecular complexity index is 477. The van der Waals surface area contributed by atoms with Crippen molar-refractivity contribution in [1.29, 1.82) is 0 Å². The van der Waals surface area contributed by atoms with Gasteiger partial charge in [-0.05, 0) is 51.0 Å². The predicted octanol–water partition coefficient (Wildman–Crippen LogP) is 0.968. The Morgan fingerprint density at radius 3 is 2.72 bits per heavy atom. The lowest BCUT2D eigenvalue weighted by atomic mass is 10.2. The molecule has 0 aromatic carbocycles. The van der Waals surface area contributed by atoms with Crippen LogP contribution in [0.1, 0.15) is 24.8 Å². The van der Waals surface area contributed by atoms with Crippen molar-refractivity contribution >= 4 is 17.2 Å². The summed E-state index contributed by atoms with van der Waals surface area (Å²) in [5.41, 5.74) is 5.88. The Kier molecular flexibility index (Phi) is 4.49. The van der Waals surface area contributed by atoms with Crippen LogP contribution in [0.15, 0.2) is 23.1 Å². The molecule has 1 aromatic heterocycles. The minimum absolute atomic E-state index is 0.0774. The van der Waals surface area contributed by atoms with Crippen molar-refractivity contribution in [3.05, 3.63) is 34.2 Å². The fourth-order valence-electron chi connectivity index (χ4n) is 2.37. The topological polar surface area (TPSA) is 51.3 Å². The molecule has 5 heteroatoms. The van der Waals surface area contributed by atoms with Gasteiger partial charge in [0, 0.05) is 12.7 Å². The molecule has 2 rings (SSSR count). The van der Waals surface area contributed by atoms with Crippen molar-refractivity contribution in [2.24, 2.45) is 5.73 Å². The zero-order valence-electron chi connectivity index (χ0n) is 10.5. The second-order valence-electron chi connectivity index (χ2n) is 4.69. The molecule has 0 spiro atoms. The standard InChI is InChI=1S/C13H19N3OS/c14-12(18)11-5-3-9-16(13(11)17)10-4-8-15-6-1-2-7-15/h3,5,9H,1-2,4,6-8,10H2,(H2,14,18). The van der Waals surface area contributed by atoms with Gasteiger partial charge >= 0.3 is 0 Å². The minimum atomic E-state index is -0.0774. The van der Waals surface area contributed by atoms with Gasteiger partial charge in [-0.3, -0.25) is 4.79 Å². The zero-order valence-corrected chi connectivity index (χ0v) is 11.3. The average molecular weight is 265 g/mol. The lowest BCUT2D eigenvalue weighted by Gasteiger charge is -2.14. The van der Waals surface area contributed by atoms with E-state index in [1.807, 2.05) is 6.07 Å². The normalized spacial score (nSPS) is 16.0. The Labute approximate surface area is 112 Å². The summed E-state index contributed by atoms with van der Waals surface area (Å²) < 4.78 is 1.70. The highest BCUT2D eigenvalue weighted by Gasteiger charge is 2.11. The molecule has 1 aromatic rings. The lowest BCUT2D eigenvalue weighted by molar-refractivity contribution is 0.324. The Morgan fingerprint density at radius 2 is 2.06 bits per heavy atom. The molecule has 0 amide bonds. The van der Waals surface area contributed by atoms with Crippen molar-refractivity contribution in [1.82, 2.24) is 9.47 Å². The Hall–Kier alpha value is -1.20. The number of hydrogen-bond acceptors (Lipinski definition) is 3. The molecule has 0 saturated carbocycles. The van der Waals surface area contributed by atoms with E-state index in [1.165, 1.54) is 25.9 Å². The third-order valence-electron chi connectivity index (χ3n) is 3.36. The van der Waals surface area contributed by atoms with Crippen molar-refractivity contribution in [3.63, 3.8) is 0 Å². The Morgan fingerprint density at radius 1 is 1.33 bits per heavy atom. The highest BCUT2D eigenvalue weighted by molar-refractivity contribution is 7.80. The van der Waals surface area contributed by atoms with Crippen LogP contribution >= 0.6 is 12.2 Å². The van der Waals surface area contributed by atoms with Gasteiger partial charge in [0.1, 0.15) is 4.99 Å². The molecular weight excluding hydrogens is 246 g/mol. The first-order chi connectivity index (χ1) is 8.68. The third-order valence-corrected chi connectivity index (χ3v) is 3.58. The van der Waals surface area contributed by atoms with Crippen LogP contribution in [0.2, 0.25) is 0 Å². The number of aromatic nitrogens is 1. The smallest absolute Gasteiger partial charge is 0.260 e. The van der Waals surface area contributed by atoms with E-state index in [-0.39, 0.29) is 10.5 Å². The quantitative estimate of drug-likeness (QED) is 0.806. The first kappa shape index (κ1) is 13.2. The monoisotopic (exact) mass is 265 g/mol. The van der Waals surface area contributed by atoms with Gasteiger partial charge in [-0.15, -0.1) is 0 Å². The largest absolute Gasteiger partial charge is 0.389 e. The molecule has 0 atom stereocenters. The first-order valence-electron chi connectivity index (χ1n) is 6.40. The SMILES string of the molecule is NC(=S)c1cccn(CCCN2CCCC2)c1=O. The van der Waals surface area contributed by atoms with Crippen molar-refractivity contribution in [3.8, 4) is 0 Å². The molecule has 1 aliphatic rings. The Balaban J connectivity index is 1.94. The summed E-state index contributed by atoms with van der Waals surface area (Å²) >= 11 is 4.87. The maximum absolute atomic E-state index is 12.0. The summed E-state index contributed by atoms with van der Waals surface area (Å²) in [6.07, 6.45) is 5.39. The summed E-state index contributed by atoms with van der Waals surface area (Å²) in [6.45, 7) is 4.18. The molecule has 1 saturated heterocycles. The number of hydrogen-bond donors (Lipinski definition) is 1. The fourth-order valence-corrected chi connectivity index (χ4v) is 2.53. The van der Waals surface area contributed by atoms with Crippen LogP contribution in [0.25, 0.3) is 0 Å². The van der Waals surface area contributed by atoms with Crippen LogP contribution in [0, 0.1) is 0 Å². The molecule has 0 unspecified atom stereocenters. The number of thiocarbonyl (C=S) groups is 1. The summed E-state index contributed by atoms with van der Waals surface area (Å²) in [5.74, 6) is 0. The number of pyridine rings is 1. The molecule has 1 aliphatic heterocycles. The minimum Gasteiger partial charge on any atom is -0.389 e. The first-order valence-corrected chi connectivity index (χ1v) is 6.81. The van der Waals surface area contributed by atoms with E-state index in [9.17, 15) is 4.79 Å². The highest BCUT2D eigenvalue weighted by atomic mass is 32.1. The summed E-state index contributed by atoms with van der Waals surface area (Å²) in [4.78, 5) is 14.6. The van der Waals surface area contributed by atoms with Crippen LogP contribution in [0.3, 0.4) is 0 Å². The van der Waals surface area contributed by atoms with E-state index in [2.05, 4.69) is 4.90 Å². The van der Waals surface area contributed by atoms with Gasteiger partial charge in [0.15, 0.2) is 0 Å². The maximum Gasteiger partial charge on any atom is 0.260 e. The fraction of sp³-hybridized carbons (Fsp3) is 0.538. The molecule has 18 heavy (non-hydrogen) atoms. The predicted molar refractivity (Wildman–Crippen MR) is 76.9 cm³/mol. The molecular formula is C13H19N3OS. The number of aryl methyl sites for hydroxylation is 1. The van der Waals surface area contributed by atoms with Gasteiger partial charge in [-0.1, -0.05) is 12.2 Å². The molecule has 0 radical (unpaired) electrons. The van der Waals surface area contributed by atoms with E-state index in [0.29, 0.717) is 5.56 Å². The molecule has 1 fully saturated rings. The van der Waals surface area contributed by atoms with E-state index < -0.39 is 0 Å². The molecule has 0 bridgehead atoms. The number of rotatable bonds is 5. The zero-order chi connectivity index (χ0) is 13.0. The molecule has 4 nitrogen and oxygen atoms in total. The summed E-state index contributed by atoms with van der Waals surface area (Å²) in [6, 6.07) is 3.51. The summed E-state index contributed by atoms with van der Waals surface area (Å²) in [5, 5.41) is 0. The third kappa shape index (κ3) is 3.17. The van der Waals surface area contributed by atoms with Crippen LogP contribution in [-0.4, -0.2) is 34.1 Å². The number of likely N-dealkylation sites (tertiary alicyclic amines) is 1. The number of nitrogens with two attached hydrogens (primary N) is 1. The van der Waals surface area contributed by atoms with Gasteiger partial charge in [0.2, 0.25) is 0 Å². The van der Waals surface area contributed by atoms with Crippen LogP contribution < -0.4 is 11.3 Å². The van der Waals surface area contributed by atoms with Crippen LogP contribution in [-0.2, 0) is 6.54 Å². The van der Waals surface area contributed by atoms with Gasteiger partial charge in [0.25, 0.3) is 5.56 Å². The van der Waals surface area contributed by atoms with Crippen molar-refractivity contribution in [2.45, 2.75) is 25.8 Å². The summed E-state index contributed by atoms with van der Waals surface area (Å²) in [7, 11) is 0. The van der Waals surface area contributed by atoms with Gasteiger partial charge in [-0.2, -0.15) is 0 Å². The van der Waals surface area contributed by atoms with E-state index in [4.69, 9.17) is 18.0 Å². The molecule has 98 valence electrons. The van der Waals surface area contributed by atoms with E-state index in [1.54, 1.807) is 16.8 Å². The van der Waals surface area contributed by atoms with Gasteiger partial charge < -0.3 is 15.2 Å². The second kappa shape index (κ2) is 6.11. The van der Waals surface area contributed by atoms with Crippen molar-refractivity contribution < 1.29 is 0 Å². The van der Waals surface area contributed by atoms with E-state index in [0.717, 1.165) is 19.5 Å². The molecule has 2 N–H and O–H groups in total. The van der Waals surface area contributed by atoms with Gasteiger partial charge in [-0.25, -0.2) is 0 Å². The van der Waals surface area contributed by atoms with Gasteiger partial charge in [0.05, 0.1) is 5.56 Å². The molecule has 0 aliphatic carbocycles. The van der Waals surface area contributed by atoms with Crippen LogP contribution in [0.4, 0.5) is 0 Å². The second-order valence-corrected chi connectivity index (χ2v) is 5.13. The highest BCUT2D eigenvalue weighted by Crippen LogP contribution is 2.07. The molecule has 2 heterocycles. The number of nitrogens with zero attached hydrogens (tertiary/aromatic N) is 2. The average Bonchev–Trinajstić information content (AvgIpc) is 2.84.